The van der Waals surface area contributed by atoms with Gasteiger partial charge in [0.2, 0.25) is 6.23 Å². The third-order valence-electron chi connectivity index (χ3n) is 7.08. The summed E-state index contributed by atoms with van der Waals surface area (Å²) in [4.78, 5) is 50.2. The van der Waals surface area contributed by atoms with E-state index in [0.29, 0.717) is 28.2 Å². The van der Waals surface area contributed by atoms with Gasteiger partial charge in [0.25, 0.3) is 15.6 Å². The monoisotopic (exact) mass is 717 g/mol. The standard InChI is InChI=1S/C26H31N2O16P3/c1-14-7-8-19(9-15(14)2)42-46(34,35)44-47(36,37)43-45(32,33)39-13-21-22(29)23(30)25(41-21)28-12-17-11-20(40-24(17)27-26(28)31)16-5-4-6-18(10-16)38-3/h4-12,21-25,29-30H,13H2,1-3H3,(H,27,31)(H,32,33)(H,34,35)(H,36,37)/p-3/t21-,22?,23+,24?,25-/m1/s1. The van der Waals surface area contributed by atoms with Crippen LogP contribution in [0.15, 0.2) is 60.3 Å². The van der Waals surface area contributed by atoms with Crippen LogP contribution < -0.4 is 29.3 Å². The van der Waals surface area contributed by atoms with Crippen LogP contribution in [0.1, 0.15) is 16.7 Å². The van der Waals surface area contributed by atoms with E-state index in [4.69, 9.17) is 14.2 Å². The molecule has 3 N–H and O–H groups in total. The molecule has 256 valence electrons. The van der Waals surface area contributed by atoms with E-state index >= 15 is 0 Å². The first-order chi connectivity index (χ1) is 22.0. The molecule has 21 heteroatoms. The van der Waals surface area contributed by atoms with Crippen molar-refractivity contribution >= 4 is 35.3 Å². The highest BCUT2D eigenvalue weighted by Gasteiger charge is 2.49. The van der Waals surface area contributed by atoms with Crippen molar-refractivity contribution in [1.82, 2.24) is 10.2 Å². The minimum atomic E-state index is -6.16. The predicted molar refractivity (Wildman–Crippen MR) is 152 cm³/mol. The largest absolute Gasteiger partial charge is 0.756 e. The Hall–Kier alpha value is -3.08. The van der Waals surface area contributed by atoms with Gasteiger partial charge in [-0.3, -0.25) is 23.9 Å². The van der Waals surface area contributed by atoms with Crippen LogP contribution in [0.3, 0.4) is 0 Å². The molecule has 0 aromatic heterocycles. The topological polar surface area (TPSA) is 258 Å². The maximum absolute atomic E-state index is 12.9. The number of aliphatic hydroxyl groups is 2. The van der Waals surface area contributed by atoms with E-state index < -0.39 is 66.9 Å². The molecule has 1 fully saturated rings. The van der Waals surface area contributed by atoms with Crippen molar-refractivity contribution in [3.8, 4) is 11.5 Å². The van der Waals surface area contributed by atoms with Gasteiger partial charge in [-0.15, -0.1) is 0 Å². The number of fused-ring (bicyclic) bond motifs is 1. The SMILES string of the molecule is COc1cccc(C2=CC3=CN([C@@H]4O[C@H](COP(=O)([O-])OP(=O)([O-])OP(=O)([O-])Oc5ccc(C)c(C)c5)C(O)[C@@H]4O)C(=O)NC3O2)c1. The van der Waals surface area contributed by atoms with E-state index in [1.807, 2.05) is 0 Å². The zero-order valence-corrected chi connectivity index (χ0v) is 27.4. The number of phosphoric acid groups is 3. The quantitative estimate of drug-likeness (QED) is 0.258. The van der Waals surface area contributed by atoms with Crippen molar-refractivity contribution in [2.75, 3.05) is 13.7 Å². The summed E-state index contributed by atoms with van der Waals surface area (Å²) in [5, 5.41) is 23.6. The normalized spacial score (nSPS) is 27.7. The summed E-state index contributed by atoms with van der Waals surface area (Å²) in [5.74, 6) is 0.658. The molecule has 5 rings (SSSR count). The lowest BCUT2D eigenvalue weighted by Gasteiger charge is -2.34. The van der Waals surface area contributed by atoms with Gasteiger partial charge < -0.3 is 48.2 Å². The molecule has 3 aliphatic heterocycles. The number of urea groups is 1. The average molecular weight is 717 g/mol. The fourth-order valence-electron chi connectivity index (χ4n) is 4.66. The zero-order valence-electron chi connectivity index (χ0n) is 24.7. The molecule has 2 aromatic rings. The smallest absolute Gasteiger partial charge is 0.326 e. The maximum atomic E-state index is 12.9. The van der Waals surface area contributed by atoms with Crippen molar-refractivity contribution in [1.29, 1.82) is 0 Å². The molecule has 0 bridgehead atoms. The molecule has 0 saturated carbocycles. The second-order valence-corrected chi connectivity index (χ2v) is 14.8. The summed E-state index contributed by atoms with van der Waals surface area (Å²) in [6, 6.07) is 10.1. The zero-order chi connectivity index (χ0) is 34.3. The Morgan fingerprint density at radius 1 is 0.936 bits per heavy atom. The number of carbonyl (C=O) groups excluding carboxylic acids is 1. The van der Waals surface area contributed by atoms with Gasteiger partial charge in [-0.05, 0) is 55.3 Å². The average Bonchev–Trinajstić information content (AvgIpc) is 3.51. The number of nitrogens with one attached hydrogen (secondary N) is 1. The molecule has 1 saturated heterocycles. The first-order valence-corrected chi connectivity index (χ1v) is 18.0. The number of hydrogen-bond acceptors (Lipinski definition) is 16. The van der Waals surface area contributed by atoms with Crippen molar-refractivity contribution < 1.29 is 75.3 Å². The van der Waals surface area contributed by atoms with Crippen LogP contribution >= 0.6 is 23.5 Å². The number of hydrogen-bond donors (Lipinski definition) is 3. The summed E-state index contributed by atoms with van der Waals surface area (Å²) in [7, 11) is -16.3. The van der Waals surface area contributed by atoms with Crippen LogP contribution in [-0.4, -0.2) is 65.6 Å². The van der Waals surface area contributed by atoms with Gasteiger partial charge >= 0.3 is 13.9 Å². The lowest BCUT2D eigenvalue weighted by atomic mass is 10.1. The van der Waals surface area contributed by atoms with Gasteiger partial charge in [-0.25, -0.2) is 13.4 Å². The molecule has 0 aliphatic carbocycles. The first kappa shape index (κ1) is 35.2. The second-order valence-electron chi connectivity index (χ2n) is 10.4. The Kier molecular flexibility index (Phi) is 10.1. The van der Waals surface area contributed by atoms with Crippen LogP contribution in [0.4, 0.5) is 4.79 Å². The number of nitrogens with zero attached hydrogens (tertiary/aromatic N) is 1. The maximum Gasteiger partial charge on any atom is 0.326 e. The molecule has 0 spiro atoms. The summed E-state index contributed by atoms with van der Waals surface area (Å²) >= 11 is 0. The Morgan fingerprint density at radius 2 is 1.66 bits per heavy atom. The van der Waals surface area contributed by atoms with E-state index in [0.717, 1.165) is 10.5 Å². The van der Waals surface area contributed by atoms with Crippen LogP contribution in [0, 0.1) is 13.8 Å². The minimum Gasteiger partial charge on any atom is -0.756 e. The van der Waals surface area contributed by atoms with E-state index in [1.54, 1.807) is 44.2 Å². The molecular formula is C26H28N2O16P3-3. The molecule has 18 nitrogen and oxygen atoms in total. The Bertz CT molecular complexity index is 1750. The van der Waals surface area contributed by atoms with Crippen LogP contribution in [0.5, 0.6) is 11.5 Å². The molecule has 5 unspecified atom stereocenters. The van der Waals surface area contributed by atoms with Crippen molar-refractivity contribution in [3.05, 3.63) is 77.0 Å². The number of aliphatic hydroxyl groups excluding tert-OH is 2. The highest BCUT2D eigenvalue weighted by atomic mass is 31.3. The fourth-order valence-corrected chi connectivity index (χ4v) is 8.03. The molecular weight excluding hydrogens is 689 g/mol. The molecule has 2 amide bonds. The van der Waals surface area contributed by atoms with Gasteiger partial charge in [0.15, 0.2) is 6.23 Å². The van der Waals surface area contributed by atoms with E-state index in [-0.39, 0.29) is 5.75 Å². The Morgan fingerprint density at radius 3 is 2.36 bits per heavy atom. The molecule has 3 aliphatic rings. The molecule has 47 heavy (non-hydrogen) atoms. The van der Waals surface area contributed by atoms with Crippen LogP contribution in [0.2, 0.25) is 0 Å². The summed E-state index contributed by atoms with van der Waals surface area (Å²) in [6.45, 7) is 2.24. The fraction of sp³-hybridized carbons (Fsp3) is 0.346. The van der Waals surface area contributed by atoms with Gasteiger partial charge in [0.1, 0.15) is 35.6 Å². The number of rotatable bonds is 12. The van der Waals surface area contributed by atoms with Crippen LogP contribution in [-0.2, 0) is 36.3 Å². The number of aryl methyl sites for hydroxylation is 2. The highest BCUT2D eigenvalue weighted by Crippen LogP contribution is 2.62. The van der Waals surface area contributed by atoms with Crippen molar-refractivity contribution in [3.63, 3.8) is 0 Å². The number of ether oxygens (including phenoxy) is 3. The van der Waals surface area contributed by atoms with E-state index in [1.165, 1.54) is 31.5 Å². The lowest BCUT2D eigenvalue weighted by Crippen LogP contribution is -2.54. The highest BCUT2D eigenvalue weighted by molar-refractivity contribution is 7.65. The van der Waals surface area contributed by atoms with Crippen LogP contribution in [0.25, 0.3) is 5.76 Å². The van der Waals surface area contributed by atoms with Crippen molar-refractivity contribution in [2.24, 2.45) is 0 Å². The molecule has 0 radical (unpaired) electrons. The van der Waals surface area contributed by atoms with Gasteiger partial charge in [0.05, 0.1) is 13.7 Å². The number of benzene rings is 2. The second kappa shape index (κ2) is 13.4. The number of phosphoric ester groups is 2. The van der Waals surface area contributed by atoms with Crippen molar-refractivity contribution in [2.45, 2.75) is 44.6 Å². The Labute approximate surface area is 267 Å². The minimum absolute atomic E-state index is 0.309. The Balaban J connectivity index is 1.20. The third-order valence-corrected chi connectivity index (χ3v) is 11.2. The lowest BCUT2D eigenvalue weighted by molar-refractivity contribution is -0.249. The van der Waals surface area contributed by atoms with Gasteiger partial charge in [-0.2, -0.15) is 0 Å². The third kappa shape index (κ3) is 8.32. The molecule has 2 aromatic carbocycles. The summed E-state index contributed by atoms with van der Waals surface area (Å²) in [6.07, 6.45) is -4.79. The van der Waals surface area contributed by atoms with Gasteiger partial charge in [0, 0.05) is 17.3 Å². The summed E-state index contributed by atoms with van der Waals surface area (Å²) < 4.78 is 69.6. The molecule has 3 heterocycles. The number of carbonyl (C=O) groups is 1. The predicted octanol–water partition coefficient (Wildman–Crippen LogP) is 0.899. The number of amides is 2. The number of methoxy groups -OCH3 is 1. The summed E-state index contributed by atoms with van der Waals surface area (Å²) in [5.41, 5.74) is 2.47. The molecule has 8 atom stereocenters. The van der Waals surface area contributed by atoms with Gasteiger partial charge in [-0.1, -0.05) is 18.2 Å². The first-order valence-electron chi connectivity index (χ1n) is 13.6. The van der Waals surface area contributed by atoms with E-state index in [9.17, 15) is 43.4 Å². The van der Waals surface area contributed by atoms with E-state index in [2.05, 4.69) is 23.0 Å².